The molecule has 8 heteroatoms. The van der Waals surface area contributed by atoms with E-state index in [0.29, 0.717) is 4.34 Å². The second kappa shape index (κ2) is 4.52. The molecule has 17 heavy (non-hydrogen) atoms. The lowest BCUT2D eigenvalue weighted by molar-refractivity contribution is 0.477. The number of pyridine rings is 1. The van der Waals surface area contributed by atoms with Crippen molar-refractivity contribution in [2.24, 2.45) is 0 Å². The number of aromatic nitrogens is 1. The quantitative estimate of drug-likeness (QED) is 0.909. The summed E-state index contributed by atoms with van der Waals surface area (Å²) in [5, 5.41) is 9.44. The van der Waals surface area contributed by atoms with Crippen LogP contribution in [0.15, 0.2) is 34.8 Å². The van der Waals surface area contributed by atoms with Crippen LogP contribution in [-0.2, 0) is 10.0 Å². The van der Waals surface area contributed by atoms with Crippen LogP contribution in [0.4, 0.5) is 5.69 Å². The minimum absolute atomic E-state index is 0.0250. The van der Waals surface area contributed by atoms with Crippen molar-refractivity contribution in [3.63, 3.8) is 0 Å². The zero-order valence-electron chi connectivity index (χ0n) is 8.29. The van der Waals surface area contributed by atoms with Gasteiger partial charge in [-0.15, -0.1) is 11.3 Å². The highest BCUT2D eigenvalue weighted by atomic mass is 35.5. The molecule has 0 spiro atoms. The molecular weight excluding hydrogens is 284 g/mol. The molecule has 2 aromatic rings. The highest BCUT2D eigenvalue weighted by Crippen LogP contribution is 2.29. The van der Waals surface area contributed by atoms with Crippen molar-refractivity contribution >= 4 is 38.6 Å². The molecule has 0 fully saturated rings. The van der Waals surface area contributed by atoms with Crippen molar-refractivity contribution < 1.29 is 13.5 Å². The van der Waals surface area contributed by atoms with Crippen LogP contribution in [0.5, 0.6) is 5.75 Å². The SMILES string of the molecule is O=S(=O)(Nc1cnccc1O)c1ccc(Cl)s1. The monoisotopic (exact) mass is 290 g/mol. The van der Waals surface area contributed by atoms with Crippen LogP contribution in [0.1, 0.15) is 0 Å². The highest BCUT2D eigenvalue weighted by Gasteiger charge is 2.18. The molecule has 0 unspecified atom stereocenters. The van der Waals surface area contributed by atoms with Crippen molar-refractivity contribution in [1.82, 2.24) is 4.98 Å². The molecule has 2 aromatic heterocycles. The Morgan fingerprint density at radius 3 is 2.71 bits per heavy atom. The summed E-state index contributed by atoms with van der Waals surface area (Å²) in [5.74, 6) is -0.189. The van der Waals surface area contributed by atoms with E-state index in [0.717, 1.165) is 11.3 Å². The van der Waals surface area contributed by atoms with Crippen molar-refractivity contribution in [3.05, 3.63) is 34.9 Å². The van der Waals surface area contributed by atoms with Gasteiger partial charge in [0.05, 0.1) is 10.5 Å². The minimum Gasteiger partial charge on any atom is -0.506 e. The molecule has 0 aliphatic rings. The van der Waals surface area contributed by atoms with E-state index in [4.69, 9.17) is 11.6 Å². The zero-order chi connectivity index (χ0) is 12.5. The fourth-order valence-electron chi connectivity index (χ4n) is 1.10. The van der Waals surface area contributed by atoms with Gasteiger partial charge in [-0.3, -0.25) is 9.71 Å². The lowest BCUT2D eigenvalue weighted by atomic mass is 10.4. The van der Waals surface area contributed by atoms with Crippen molar-refractivity contribution in [1.29, 1.82) is 0 Å². The van der Waals surface area contributed by atoms with Gasteiger partial charge in [-0.2, -0.15) is 0 Å². The molecule has 2 rings (SSSR count). The van der Waals surface area contributed by atoms with Gasteiger partial charge < -0.3 is 5.11 Å². The van der Waals surface area contributed by atoms with Gasteiger partial charge in [0, 0.05) is 12.3 Å². The molecular formula is C9H7ClN2O3S2. The summed E-state index contributed by atoms with van der Waals surface area (Å²) in [5.41, 5.74) is 0.0250. The summed E-state index contributed by atoms with van der Waals surface area (Å²) in [6.07, 6.45) is 2.58. The van der Waals surface area contributed by atoms with Gasteiger partial charge in [0.1, 0.15) is 15.6 Å². The molecule has 0 aliphatic heterocycles. The van der Waals surface area contributed by atoms with Crippen LogP contribution in [-0.4, -0.2) is 18.5 Å². The smallest absolute Gasteiger partial charge is 0.271 e. The van der Waals surface area contributed by atoms with Crippen molar-refractivity contribution in [2.45, 2.75) is 4.21 Å². The Kier molecular flexibility index (Phi) is 3.23. The standard InChI is InChI=1S/C9H7ClN2O3S2/c10-8-1-2-9(16-8)17(14,15)12-6-5-11-4-3-7(6)13/h1-5,12H,(H,11,13). The Hall–Kier alpha value is -1.31. The third-order valence-corrected chi connectivity index (χ3v) is 4.94. The number of aromatic hydroxyl groups is 1. The summed E-state index contributed by atoms with van der Waals surface area (Å²) >= 11 is 6.60. The molecule has 0 aromatic carbocycles. The molecule has 5 nitrogen and oxygen atoms in total. The van der Waals surface area contributed by atoms with E-state index >= 15 is 0 Å². The molecule has 0 radical (unpaired) electrons. The van der Waals surface area contributed by atoms with Gasteiger partial charge in [-0.05, 0) is 12.1 Å². The summed E-state index contributed by atoms with van der Waals surface area (Å²) in [7, 11) is -3.73. The molecule has 0 amide bonds. The van der Waals surface area contributed by atoms with Crippen LogP contribution in [0.2, 0.25) is 4.34 Å². The first-order valence-corrected chi connectivity index (χ1v) is 7.08. The fraction of sp³-hybridized carbons (Fsp3) is 0. The van der Waals surface area contributed by atoms with Crippen LogP contribution < -0.4 is 4.72 Å². The molecule has 90 valence electrons. The summed E-state index contributed by atoms with van der Waals surface area (Å²) in [6.45, 7) is 0. The van der Waals surface area contributed by atoms with Gasteiger partial charge in [0.25, 0.3) is 10.0 Å². The molecule has 0 aliphatic carbocycles. The minimum atomic E-state index is -3.73. The summed E-state index contributed by atoms with van der Waals surface area (Å²) in [4.78, 5) is 3.72. The fourth-order valence-corrected chi connectivity index (χ4v) is 3.64. The first kappa shape index (κ1) is 12.2. The number of thiophene rings is 1. The van der Waals surface area contributed by atoms with E-state index in [1.807, 2.05) is 0 Å². The molecule has 0 saturated heterocycles. The van der Waals surface area contributed by atoms with E-state index < -0.39 is 10.0 Å². The third kappa shape index (κ3) is 2.68. The Bertz CT molecular complexity index is 639. The van der Waals surface area contributed by atoms with E-state index in [1.54, 1.807) is 0 Å². The van der Waals surface area contributed by atoms with E-state index in [9.17, 15) is 13.5 Å². The third-order valence-electron chi connectivity index (χ3n) is 1.86. The summed E-state index contributed by atoms with van der Waals surface area (Å²) < 4.78 is 26.4. The first-order chi connectivity index (χ1) is 7.99. The number of anilines is 1. The maximum atomic E-state index is 11.9. The number of nitrogens with zero attached hydrogens (tertiary/aromatic N) is 1. The maximum Gasteiger partial charge on any atom is 0.271 e. The molecule has 0 atom stereocenters. The zero-order valence-corrected chi connectivity index (χ0v) is 10.7. The Morgan fingerprint density at radius 1 is 1.35 bits per heavy atom. The topological polar surface area (TPSA) is 79.3 Å². The Morgan fingerprint density at radius 2 is 2.12 bits per heavy atom. The number of rotatable bonds is 3. The number of hydrogen-bond donors (Lipinski definition) is 2. The van der Waals surface area contributed by atoms with Crippen molar-refractivity contribution in [2.75, 3.05) is 4.72 Å². The predicted molar refractivity (Wildman–Crippen MR) is 66.0 cm³/mol. The van der Waals surface area contributed by atoms with Gasteiger partial charge in [0.2, 0.25) is 0 Å². The summed E-state index contributed by atoms with van der Waals surface area (Å²) in [6, 6.07) is 4.17. The lowest BCUT2D eigenvalue weighted by Gasteiger charge is -2.06. The maximum absolute atomic E-state index is 11.9. The highest BCUT2D eigenvalue weighted by molar-refractivity contribution is 7.94. The van der Waals surface area contributed by atoms with Crippen LogP contribution in [0.25, 0.3) is 0 Å². The average molecular weight is 291 g/mol. The van der Waals surface area contributed by atoms with E-state index in [2.05, 4.69) is 9.71 Å². The molecule has 0 bridgehead atoms. The number of hydrogen-bond acceptors (Lipinski definition) is 5. The number of nitrogens with one attached hydrogen (secondary N) is 1. The van der Waals surface area contributed by atoms with Crippen molar-refractivity contribution in [3.8, 4) is 5.75 Å². The molecule has 0 saturated carbocycles. The predicted octanol–water partition coefficient (Wildman–Crippen LogP) is 2.30. The normalized spacial score (nSPS) is 11.4. The second-order valence-electron chi connectivity index (χ2n) is 3.06. The molecule has 2 heterocycles. The van der Waals surface area contributed by atoms with Crippen LogP contribution in [0.3, 0.4) is 0 Å². The van der Waals surface area contributed by atoms with Crippen LogP contribution >= 0.6 is 22.9 Å². The van der Waals surface area contributed by atoms with E-state index in [-0.39, 0.29) is 15.6 Å². The van der Waals surface area contributed by atoms with Gasteiger partial charge in [-0.25, -0.2) is 8.42 Å². The van der Waals surface area contributed by atoms with Gasteiger partial charge in [-0.1, -0.05) is 11.6 Å². The Balaban J connectivity index is 2.33. The molecule has 2 N–H and O–H groups in total. The van der Waals surface area contributed by atoms with Crippen LogP contribution in [0, 0.1) is 0 Å². The first-order valence-electron chi connectivity index (χ1n) is 4.40. The largest absolute Gasteiger partial charge is 0.506 e. The van der Waals surface area contributed by atoms with Gasteiger partial charge >= 0.3 is 0 Å². The lowest BCUT2D eigenvalue weighted by Crippen LogP contribution is -2.11. The van der Waals surface area contributed by atoms with E-state index in [1.165, 1.54) is 30.6 Å². The average Bonchev–Trinajstić information content (AvgIpc) is 2.69. The number of halogens is 1. The number of sulfonamides is 1. The second-order valence-corrected chi connectivity index (χ2v) is 6.68. The Labute approximate surface area is 107 Å². The van der Waals surface area contributed by atoms with Gasteiger partial charge in [0.15, 0.2) is 0 Å².